The summed E-state index contributed by atoms with van der Waals surface area (Å²) in [4.78, 5) is 12.2. The van der Waals surface area contributed by atoms with E-state index in [1.54, 1.807) is 31.4 Å². The summed E-state index contributed by atoms with van der Waals surface area (Å²) < 4.78 is 15.8. The molecule has 144 valence electrons. The number of amides is 1. The van der Waals surface area contributed by atoms with Crippen LogP contribution in [-0.2, 0) is 9.53 Å². The van der Waals surface area contributed by atoms with E-state index in [9.17, 15) is 4.79 Å². The number of methoxy groups -OCH3 is 2. The maximum Gasteiger partial charge on any atom is 0.228 e. The predicted molar refractivity (Wildman–Crippen MR) is 102 cm³/mol. The molecule has 1 aliphatic rings. The van der Waals surface area contributed by atoms with E-state index in [1.807, 2.05) is 0 Å². The van der Waals surface area contributed by atoms with Crippen LogP contribution in [0.25, 0.3) is 0 Å². The first-order valence-corrected chi connectivity index (χ1v) is 8.89. The Morgan fingerprint density at radius 3 is 2.41 bits per heavy atom. The van der Waals surface area contributed by atoms with E-state index in [0.29, 0.717) is 47.1 Å². The van der Waals surface area contributed by atoms with Crippen molar-refractivity contribution in [3.05, 3.63) is 29.3 Å². The first-order chi connectivity index (χ1) is 13.1. The lowest BCUT2D eigenvalue weighted by Crippen LogP contribution is -2.28. The van der Waals surface area contributed by atoms with Gasteiger partial charge in [-0.25, -0.2) is 0 Å². The van der Waals surface area contributed by atoms with Gasteiger partial charge in [0.25, 0.3) is 0 Å². The molecule has 1 aliphatic heterocycles. The summed E-state index contributed by atoms with van der Waals surface area (Å²) >= 11 is 6.11. The summed E-state index contributed by atoms with van der Waals surface area (Å²) in [5, 5.41) is 14.5. The van der Waals surface area contributed by atoms with Crippen LogP contribution in [0.15, 0.2) is 24.3 Å². The Labute approximate surface area is 162 Å². The number of ether oxygens (including phenoxy) is 3. The summed E-state index contributed by atoms with van der Waals surface area (Å²) in [6.45, 7) is 1.22. The van der Waals surface area contributed by atoms with E-state index in [0.717, 1.165) is 12.8 Å². The molecule has 0 radical (unpaired) electrons. The molecule has 1 fully saturated rings. The molecule has 9 heteroatoms. The lowest BCUT2D eigenvalue weighted by molar-refractivity contribution is -0.122. The minimum atomic E-state index is -0.0579. The Bertz CT molecular complexity index is 795. The van der Waals surface area contributed by atoms with Crippen LogP contribution >= 0.6 is 11.6 Å². The van der Waals surface area contributed by atoms with Crippen molar-refractivity contribution >= 4 is 34.8 Å². The van der Waals surface area contributed by atoms with Crippen LogP contribution < -0.4 is 20.1 Å². The van der Waals surface area contributed by atoms with Gasteiger partial charge in [0.15, 0.2) is 11.6 Å². The summed E-state index contributed by atoms with van der Waals surface area (Å²) in [5.41, 5.74) is 0.632. The highest BCUT2D eigenvalue weighted by Gasteiger charge is 2.22. The molecule has 1 saturated heterocycles. The van der Waals surface area contributed by atoms with Crippen molar-refractivity contribution in [1.82, 2.24) is 10.2 Å². The lowest BCUT2D eigenvalue weighted by Gasteiger charge is -2.20. The van der Waals surface area contributed by atoms with Crippen molar-refractivity contribution in [2.45, 2.75) is 12.8 Å². The maximum atomic E-state index is 12.2. The Morgan fingerprint density at radius 2 is 1.78 bits per heavy atom. The second-order valence-corrected chi connectivity index (χ2v) is 6.40. The number of aromatic nitrogens is 2. The zero-order valence-corrected chi connectivity index (χ0v) is 15.9. The summed E-state index contributed by atoms with van der Waals surface area (Å²) in [7, 11) is 3.08. The fourth-order valence-electron chi connectivity index (χ4n) is 2.75. The summed E-state index contributed by atoms with van der Waals surface area (Å²) in [6, 6.07) is 6.77. The fourth-order valence-corrected chi connectivity index (χ4v) is 2.98. The second kappa shape index (κ2) is 8.88. The first-order valence-electron chi connectivity index (χ1n) is 8.51. The third kappa shape index (κ3) is 4.78. The SMILES string of the molecule is COc1cc(Nc2ccc(NC(=O)C3CCOCC3)nn2)c(OC)cc1Cl. The van der Waals surface area contributed by atoms with Crippen LogP contribution in [-0.4, -0.2) is 43.5 Å². The van der Waals surface area contributed by atoms with Crippen molar-refractivity contribution < 1.29 is 19.0 Å². The molecule has 0 spiro atoms. The topological polar surface area (TPSA) is 94.6 Å². The number of hydrogen-bond acceptors (Lipinski definition) is 7. The van der Waals surface area contributed by atoms with Crippen LogP contribution in [0.2, 0.25) is 5.02 Å². The largest absolute Gasteiger partial charge is 0.495 e. The van der Waals surface area contributed by atoms with Gasteiger partial charge in [-0.2, -0.15) is 0 Å². The molecule has 0 atom stereocenters. The van der Waals surface area contributed by atoms with Crippen LogP contribution in [0.4, 0.5) is 17.3 Å². The molecule has 8 nitrogen and oxygen atoms in total. The average Bonchev–Trinajstić information content (AvgIpc) is 2.71. The van der Waals surface area contributed by atoms with E-state index >= 15 is 0 Å². The Hall–Kier alpha value is -2.58. The van der Waals surface area contributed by atoms with Crippen molar-refractivity contribution in [3.63, 3.8) is 0 Å². The van der Waals surface area contributed by atoms with Crippen molar-refractivity contribution in [2.75, 3.05) is 38.1 Å². The highest BCUT2D eigenvalue weighted by molar-refractivity contribution is 6.32. The van der Waals surface area contributed by atoms with Crippen LogP contribution in [0, 0.1) is 5.92 Å². The number of rotatable bonds is 6. The number of carbonyl (C=O) groups excluding carboxylic acids is 1. The number of nitrogens with one attached hydrogen (secondary N) is 2. The number of anilines is 3. The number of nitrogens with zero attached hydrogens (tertiary/aromatic N) is 2. The predicted octanol–water partition coefficient (Wildman–Crippen LogP) is 3.26. The summed E-state index contributed by atoms with van der Waals surface area (Å²) in [5.74, 6) is 1.83. The maximum absolute atomic E-state index is 12.2. The van der Waals surface area contributed by atoms with Gasteiger partial charge in [0.05, 0.1) is 24.9 Å². The van der Waals surface area contributed by atoms with Gasteiger partial charge in [-0.15, -0.1) is 10.2 Å². The van der Waals surface area contributed by atoms with Crippen molar-refractivity contribution in [1.29, 1.82) is 0 Å². The van der Waals surface area contributed by atoms with Gasteiger partial charge in [-0.05, 0) is 25.0 Å². The van der Waals surface area contributed by atoms with E-state index in [-0.39, 0.29) is 11.8 Å². The van der Waals surface area contributed by atoms with Gasteiger partial charge in [-0.3, -0.25) is 4.79 Å². The molecular weight excluding hydrogens is 372 g/mol. The third-order valence-electron chi connectivity index (χ3n) is 4.24. The van der Waals surface area contributed by atoms with Crippen molar-refractivity contribution in [3.8, 4) is 11.5 Å². The zero-order valence-electron chi connectivity index (χ0n) is 15.1. The Kier molecular flexibility index (Phi) is 6.31. The van der Waals surface area contributed by atoms with E-state index < -0.39 is 0 Å². The Morgan fingerprint density at radius 1 is 1.11 bits per heavy atom. The molecule has 1 aromatic heterocycles. The molecule has 2 aromatic rings. The molecule has 3 rings (SSSR count). The number of carbonyl (C=O) groups is 1. The van der Waals surface area contributed by atoms with Crippen LogP contribution in [0.3, 0.4) is 0 Å². The monoisotopic (exact) mass is 392 g/mol. The first kappa shape index (κ1) is 19.2. The second-order valence-electron chi connectivity index (χ2n) is 5.99. The molecule has 0 aliphatic carbocycles. The minimum absolute atomic E-state index is 0.0517. The molecule has 0 saturated carbocycles. The molecule has 0 unspecified atom stereocenters. The molecular formula is C18H21ClN4O4. The van der Waals surface area contributed by atoms with Gasteiger partial charge in [0.1, 0.15) is 11.5 Å². The minimum Gasteiger partial charge on any atom is -0.495 e. The van der Waals surface area contributed by atoms with E-state index in [1.165, 1.54) is 7.11 Å². The molecule has 27 heavy (non-hydrogen) atoms. The van der Waals surface area contributed by atoms with Crippen LogP contribution in [0.5, 0.6) is 11.5 Å². The van der Waals surface area contributed by atoms with Gasteiger partial charge in [-0.1, -0.05) is 11.6 Å². The van der Waals surface area contributed by atoms with Gasteiger partial charge < -0.3 is 24.8 Å². The van der Waals surface area contributed by atoms with Gasteiger partial charge >= 0.3 is 0 Å². The smallest absolute Gasteiger partial charge is 0.228 e. The highest BCUT2D eigenvalue weighted by atomic mass is 35.5. The molecule has 2 N–H and O–H groups in total. The average molecular weight is 393 g/mol. The highest BCUT2D eigenvalue weighted by Crippen LogP contribution is 2.37. The standard InChI is InChI=1S/C18H21ClN4O4/c1-25-14-10-13(15(26-2)9-12(14)19)20-16-3-4-17(23-22-16)21-18(24)11-5-7-27-8-6-11/h3-4,9-11H,5-8H2,1-2H3,(H,20,22)(H,21,23,24). The summed E-state index contributed by atoms with van der Waals surface area (Å²) in [6.07, 6.45) is 1.44. The number of hydrogen-bond donors (Lipinski definition) is 2. The Balaban J connectivity index is 1.68. The van der Waals surface area contributed by atoms with E-state index in [4.69, 9.17) is 25.8 Å². The quantitative estimate of drug-likeness (QED) is 0.779. The number of benzene rings is 1. The van der Waals surface area contributed by atoms with Gasteiger partial charge in [0, 0.05) is 31.3 Å². The number of halogens is 1. The molecule has 1 aromatic carbocycles. The van der Waals surface area contributed by atoms with Crippen molar-refractivity contribution in [2.24, 2.45) is 5.92 Å². The normalized spacial score (nSPS) is 14.5. The van der Waals surface area contributed by atoms with E-state index in [2.05, 4.69) is 20.8 Å². The molecule has 2 heterocycles. The third-order valence-corrected chi connectivity index (χ3v) is 4.54. The lowest BCUT2D eigenvalue weighted by atomic mass is 9.99. The van der Waals surface area contributed by atoms with Crippen LogP contribution in [0.1, 0.15) is 12.8 Å². The fraction of sp³-hybridized carbons (Fsp3) is 0.389. The molecule has 1 amide bonds. The zero-order chi connectivity index (χ0) is 19.2. The molecule has 0 bridgehead atoms. The van der Waals surface area contributed by atoms with Gasteiger partial charge in [0.2, 0.25) is 5.91 Å².